The number of piperazine rings is 1. The fourth-order valence-electron chi connectivity index (χ4n) is 1.95. The van der Waals surface area contributed by atoms with Gasteiger partial charge in [-0.1, -0.05) is 49.4 Å². The molecule has 0 atom stereocenters. The van der Waals surface area contributed by atoms with Gasteiger partial charge in [0, 0.05) is 39.1 Å². The molecule has 0 aromatic heterocycles. The lowest BCUT2D eigenvalue weighted by Crippen LogP contribution is -2.43. The number of carbonyl (C=O) groups excluding carboxylic acids is 1. The van der Waals surface area contributed by atoms with Gasteiger partial charge in [0.05, 0.1) is 0 Å². The molecule has 2 rings (SSSR count). The quantitative estimate of drug-likeness (QED) is 0.810. The van der Waals surface area contributed by atoms with E-state index in [1.54, 1.807) is 0 Å². The molecule has 1 aromatic rings. The maximum atomic E-state index is 9.91. The van der Waals surface area contributed by atoms with E-state index in [2.05, 4.69) is 46.6 Å². The van der Waals surface area contributed by atoms with Crippen molar-refractivity contribution in [2.45, 2.75) is 13.3 Å². The van der Waals surface area contributed by atoms with Gasteiger partial charge in [-0.05, 0) is 5.56 Å². The summed E-state index contributed by atoms with van der Waals surface area (Å²) in [7, 11) is 0. The molecule has 0 amide bonds. The van der Waals surface area contributed by atoms with Gasteiger partial charge < -0.3 is 10.4 Å². The first kappa shape index (κ1) is 18.1. The molecule has 0 saturated carbocycles. The summed E-state index contributed by atoms with van der Waals surface area (Å²) in [6, 6.07) is 10.5. The van der Waals surface area contributed by atoms with Crippen LogP contribution in [-0.2, 0) is 9.59 Å². The second kappa shape index (κ2) is 10.7. The number of aliphatic carboxylic acids is 1. The van der Waals surface area contributed by atoms with E-state index in [-0.39, 0.29) is 6.42 Å². The Labute approximate surface area is 131 Å². The minimum absolute atomic E-state index is 0.0787. The van der Waals surface area contributed by atoms with Gasteiger partial charge in [0.25, 0.3) is 0 Å². The Bertz CT molecular complexity index is 480. The Morgan fingerprint density at radius 1 is 1.23 bits per heavy atom. The van der Waals surface area contributed by atoms with E-state index >= 15 is 0 Å². The number of carboxylic acids is 1. The van der Waals surface area contributed by atoms with Crippen LogP contribution in [-0.4, -0.2) is 54.5 Å². The molecule has 0 bridgehead atoms. The van der Waals surface area contributed by atoms with Crippen molar-refractivity contribution in [3.05, 3.63) is 42.0 Å². The average molecular weight is 304 g/mol. The average Bonchev–Trinajstić information content (AvgIpc) is 2.56. The number of carbonyl (C=O) groups is 2. The minimum atomic E-state index is -1.34. The van der Waals surface area contributed by atoms with E-state index < -0.39 is 11.8 Å². The summed E-state index contributed by atoms with van der Waals surface area (Å²) in [5, 5.41) is 11.2. The topological polar surface area (TPSA) is 69.6 Å². The molecular weight excluding hydrogens is 280 g/mol. The third kappa shape index (κ3) is 7.71. The normalized spacial score (nSPS) is 15.1. The molecule has 2 N–H and O–H groups in total. The van der Waals surface area contributed by atoms with Crippen molar-refractivity contribution in [3.63, 3.8) is 0 Å². The molecule has 0 aliphatic carbocycles. The summed E-state index contributed by atoms with van der Waals surface area (Å²) < 4.78 is 0. The zero-order chi connectivity index (χ0) is 16.2. The number of nitrogens with one attached hydrogen (secondary N) is 1. The molecule has 0 spiro atoms. The van der Waals surface area contributed by atoms with E-state index in [1.165, 1.54) is 25.6 Å². The van der Waals surface area contributed by atoms with Crippen LogP contribution in [0, 0.1) is 0 Å². The van der Waals surface area contributed by atoms with E-state index in [0.29, 0.717) is 0 Å². The summed E-state index contributed by atoms with van der Waals surface area (Å²) in [4.78, 5) is 22.0. The van der Waals surface area contributed by atoms with Crippen molar-refractivity contribution in [1.29, 1.82) is 0 Å². The number of rotatable bonds is 5. The second-order valence-electron chi connectivity index (χ2n) is 4.95. The second-order valence-corrected chi connectivity index (χ2v) is 4.95. The van der Waals surface area contributed by atoms with Crippen molar-refractivity contribution in [3.8, 4) is 0 Å². The molecule has 5 heteroatoms. The predicted octanol–water partition coefficient (Wildman–Crippen LogP) is 1.66. The molecule has 0 unspecified atom stereocenters. The molecule has 1 aliphatic rings. The Morgan fingerprint density at radius 2 is 1.86 bits per heavy atom. The van der Waals surface area contributed by atoms with Crippen LogP contribution in [0.15, 0.2) is 36.4 Å². The molecule has 22 heavy (non-hydrogen) atoms. The Hall–Kier alpha value is -1.98. The van der Waals surface area contributed by atoms with Crippen LogP contribution in [0.25, 0.3) is 6.08 Å². The van der Waals surface area contributed by atoms with Crippen molar-refractivity contribution in [1.82, 2.24) is 10.2 Å². The van der Waals surface area contributed by atoms with Crippen LogP contribution in [0.1, 0.15) is 18.9 Å². The van der Waals surface area contributed by atoms with E-state index in [4.69, 9.17) is 5.11 Å². The number of Topliss-reactive ketones (excluding diaryl/α,β-unsaturated/α-hetero) is 1. The maximum Gasteiger partial charge on any atom is 0.372 e. The highest BCUT2D eigenvalue weighted by molar-refractivity contribution is 6.32. The first-order chi connectivity index (χ1) is 10.6. The zero-order valence-corrected chi connectivity index (χ0v) is 13.0. The van der Waals surface area contributed by atoms with Crippen molar-refractivity contribution < 1.29 is 14.7 Å². The number of hydrogen-bond acceptors (Lipinski definition) is 4. The molecule has 0 radical (unpaired) electrons. The molecule has 120 valence electrons. The smallest absolute Gasteiger partial charge is 0.372 e. The van der Waals surface area contributed by atoms with E-state index in [9.17, 15) is 9.59 Å². The van der Waals surface area contributed by atoms with Gasteiger partial charge >= 0.3 is 5.97 Å². The number of nitrogens with zero attached hydrogens (tertiary/aromatic N) is 1. The monoisotopic (exact) mass is 304 g/mol. The van der Waals surface area contributed by atoms with Crippen LogP contribution < -0.4 is 5.32 Å². The SMILES string of the molecule is C(=C\c1ccccc1)/CN1CCNCC1.CCC(=O)C(=O)O. The van der Waals surface area contributed by atoms with Crippen LogP contribution >= 0.6 is 0 Å². The third-order valence-corrected chi connectivity index (χ3v) is 3.24. The molecule has 1 aliphatic heterocycles. The van der Waals surface area contributed by atoms with E-state index in [0.717, 1.165) is 19.6 Å². The van der Waals surface area contributed by atoms with Crippen LogP contribution in [0.5, 0.6) is 0 Å². The summed E-state index contributed by atoms with van der Waals surface area (Å²) in [5.74, 6) is -2.08. The Balaban J connectivity index is 0.000000295. The van der Waals surface area contributed by atoms with Crippen LogP contribution in [0.3, 0.4) is 0 Å². The van der Waals surface area contributed by atoms with Crippen LogP contribution in [0.4, 0.5) is 0 Å². The molecule has 1 aromatic carbocycles. The largest absolute Gasteiger partial charge is 0.476 e. The van der Waals surface area contributed by atoms with Gasteiger partial charge in [0.15, 0.2) is 0 Å². The maximum absolute atomic E-state index is 9.91. The van der Waals surface area contributed by atoms with Gasteiger partial charge in [-0.15, -0.1) is 0 Å². The molecular formula is C17H24N2O3. The molecule has 1 saturated heterocycles. The fraction of sp³-hybridized carbons (Fsp3) is 0.412. The summed E-state index contributed by atoms with van der Waals surface area (Å²) in [6.07, 6.45) is 4.53. The van der Waals surface area contributed by atoms with Crippen molar-refractivity contribution >= 4 is 17.8 Å². The zero-order valence-electron chi connectivity index (χ0n) is 13.0. The number of ketones is 1. The highest BCUT2D eigenvalue weighted by atomic mass is 16.4. The van der Waals surface area contributed by atoms with Gasteiger partial charge in [0.2, 0.25) is 5.78 Å². The standard InChI is InChI=1S/C13H18N2.C4H6O3/c1-2-5-13(6-3-1)7-4-10-15-11-8-14-9-12-15;1-2-3(5)4(6)7/h1-7,14H,8-12H2;2H2,1H3,(H,6,7)/b7-4+;. The molecule has 1 heterocycles. The number of benzene rings is 1. The first-order valence-corrected chi connectivity index (χ1v) is 7.54. The third-order valence-electron chi connectivity index (χ3n) is 3.24. The highest BCUT2D eigenvalue weighted by Gasteiger charge is 2.06. The fourth-order valence-corrected chi connectivity index (χ4v) is 1.95. The molecule has 5 nitrogen and oxygen atoms in total. The van der Waals surface area contributed by atoms with E-state index in [1.807, 2.05) is 6.07 Å². The Kier molecular flexibility index (Phi) is 8.79. The highest BCUT2D eigenvalue weighted by Crippen LogP contribution is 2.01. The van der Waals surface area contributed by atoms with Crippen molar-refractivity contribution in [2.75, 3.05) is 32.7 Å². The lowest BCUT2D eigenvalue weighted by molar-refractivity contribution is -0.148. The lowest BCUT2D eigenvalue weighted by atomic mass is 10.2. The predicted molar refractivity (Wildman–Crippen MR) is 87.7 cm³/mol. The van der Waals surface area contributed by atoms with Gasteiger partial charge in [-0.2, -0.15) is 0 Å². The van der Waals surface area contributed by atoms with Gasteiger partial charge in [0.1, 0.15) is 0 Å². The lowest BCUT2D eigenvalue weighted by Gasteiger charge is -2.25. The van der Waals surface area contributed by atoms with Gasteiger partial charge in [-0.3, -0.25) is 9.69 Å². The number of hydrogen-bond donors (Lipinski definition) is 2. The summed E-state index contributed by atoms with van der Waals surface area (Å²) >= 11 is 0. The van der Waals surface area contributed by atoms with Crippen molar-refractivity contribution in [2.24, 2.45) is 0 Å². The number of carboxylic acid groups (broad SMARTS) is 1. The summed E-state index contributed by atoms with van der Waals surface area (Å²) in [5.41, 5.74) is 1.28. The van der Waals surface area contributed by atoms with Gasteiger partial charge in [-0.25, -0.2) is 4.79 Å². The minimum Gasteiger partial charge on any atom is -0.476 e. The molecule has 1 fully saturated rings. The Morgan fingerprint density at radius 3 is 2.36 bits per heavy atom. The first-order valence-electron chi connectivity index (χ1n) is 7.54. The van der Waals surface area contributed by atoms with Crippen LogP contribution in [0.2, 0.25) is 0 Å². The summed E-state index contributed by atoms with van der Waals surface area (Å²) in [6.45, 7) is 7.16.